The number of hydrogen-bond donors (Lipinski definition) is 2. The molecule has 36 heavy (non-hydrogen) atoms. The van der Waals surface area contributed by atoms with Crippen molar-refractivity contribution in [3.8, 4) is 17.3 Å². The fraction of sp³-hybridized carbons (Fsp3) is 0.346. The van der Waals surface area contributed by atoms with Gasteiger partial charge in [0.05, 0.1) is 12.0 Å². The molecule has 0 unspecified atom stereocenters. The van der Waals surface area contributed by atoms with E-state index in [1.807, 2.05) is 0 Å². The number of ether oxygens (including phenoxy) is 1. The molecule has 4 aromatic rings. The van der Waals surface area contributed by atoms with Gasteiger partial charge in [-0.3, -0.25) is 9.59 Å². The van der Waals surface area contributed by atoms with Crippen molar-refractivity contribution in [1.82, 2.24) is 20.6 Å². The average Bonchev–Trinajstić information content (AvgIpc) is 3.43. The third kappa shape index (κ3) is 5.57. The van der Waals surface area contributed by atoms with E-state index in [0.29, 0.717) is 23.5 Å². The molecule has 4 rings (SSSR count). The van der Waals surface area contributed by atoms with Crippen molar-refractivity contribution >= 4 is 34.0 Å². The van der Waals surface area contributed by atoms with Crippen LogP contribution in [0.2, 0.25) is 0 Å². The monoisotopic (exact) mass is 509 g/mol. The normalized spacial score (nSPS) is 11.2. The van der Waals surface area contributed by atoms with E-state index < -0.39 is 5.43 Å². The molecule has 0 radical (unpaired) electrons. The minimum Gasteiger partial charge on any atom is -0.494 e. The Morgan fingerprint density at radius 1 is 1.06 bits per heavy atom. The number of aromatic nitrogens is 4. The lowest BCUT2D eigenvalue weighted by Crippen LogP contribution is -2.15. The standard InChI is InChI=1S/C26H28ClN5O4/c1-16-8-13-19-21(24(34)22(28)25(36-19)26-29-31-32-30-26)20(16)23(33)17-9-11-18(12-10-17)35-15-7-5-3-2-4-6-14-27/h8-13H,2-7,14-15,28H2,1H3,(H,29,30,31,32). The number of anilines is 1. The van der Waals surface area contributed by atoms with Gasteiger partial charge in [-0.1, -0.05) is 31.7 Å². The molecule has 188 valence electrons. The Bertz CT molecular complexity index is 1380. The van der Waals surface area contributed by atoms with E-state index in [2.05, 4.69) is 20.6 Å². The van der Waals surface area contributed by atoms with Crippen molar-refractivity contribution < 1.29 is 13.9 Å². The van der Waals surface area contributed by atoms with Gasteiger partial charge in [-0.05, 0) is 66.1 Å². The summed E-state index contributed by atoms with van der Waals surface area (Å²) in [4.78, 5) is 26.7. The molecule has 3 N–H and O–H groups in total. The first-order chi connectivity index (χ1) is 17.5. The molecule has 0 aliphatic carbocycles. The number of alkyl halides is 1. The second kappa shape index (κ2) is 11.8. The highest BCUT2D eigenvalue weighted by atomic mass is 35.5. The van der Waals surface area contributed by atoms with Gasteiger partial charge in [-0.2, -0.15) is 0 Å². The van der Waals surface area contributed by atoms with Crippen LogP contribution in [0.3, 0.4) is 0 Å². The van der Waals surface area contributed by atoms with Gasteiger partial charge < -0.3 is 14.9 Å². The number of unbranched alkanes of at least 4 members (excludes halogenated alkanes) is 5. The molecule has 9 nitrogen and oxygen atoms in total. The number of carbonyl (C=O) groups is 1. The smallest absolute Gasteiger partial charge is 0.217 e. The first kappa shape index (κ1) is 25.4. The summed E-state index contributed by atoms with van der Waals surface area (Å²) in [5, 5.41) is 13.4. The number of halogens is 1. The molecule has 0 aliphatic heterocycles. The van der Waals surface area contributed by atoms with Gasteiger partial charge in [0.1, 0.15) is 17.0 Å². The summed E-state index contributed by atoms with van der Waals surface area (Å²) >= 11 is 5.70. The number of nitrogen functional groups attached to an aromatic ring is 1. The molecule has 0 atom stereocenters. The van der Waals surface area contributed by atoms with Crippen molar-refractivity contribution in [3.05, 3.63) is 63.3 Å². The summed E-state index contributed by atoms with van der Waals surface area (Å²) in [7, 11) is 0. The van der Waals surface area contributed by atoms with Gasteiger partial charge in [0.2, 0.25) is 11.3 Å². The van der Waals surface area contributed by atoms with Crippen LogP contribution in [0, 0.1) is 6.92 Å². The van der Waals surface area contributed by atoms with Crippen molar-refractivity contribution in [2.24, 2.45) is 0 Å². The highest BCUT2D eigenvalue weighted by Gasteiger charge is 2.23. The number of hydrogen-bond acceptors (Lipinski definition) is 8. The highest BCUT2D eigenvalue weighted by molar-refractivity contribution is 6.18. The molecule has 0 fully saturated rings. The van der Waals surface area contributed by atoms with Gasteiger partial charge in [-0.15, -0.1) is 16.7 Å². The predicted octanol–water partition coefficient (Wildman–Crippen LogP) is 5.05. The third-order valence-electron chi connectivity index (χ3n) is 6.00. The number of nitrogens with one attached hydrogen (secondary N) is 1. The zero-order valence-electron chi connectivity index (χ0n) is 20.1. The lowest BCUT2D eigenvalue weighted by molar-refractivity contribution is 0.103. The fourth-order valence-corrected chi connectivity index (χ4v) is 4.25. The number of tetrazole rings is 1. The number of fused-ring (bicyclic) bond motifs is 1. The van der Waals surface area contributed by atoms with Crippen LogP contribution in [-0.2, 0) is 0 Å². The second-order valence-electron chi connectivity index (χ2n) is 8.57. The average molecular weight is 510 g/mol. The van der Waals surface area contributed by atoms with Gasteiger partial charge in [-0.25, -0.2) is 5.10 Å². The number of H-pyrrole nitrogens is 1. The number of ketones is 1. The van der Waals surface area contributed by atoms with Crippen LogP contribution in [0.25, 0.3) is 22.6 Å². The minimum absolute atomic E-state index is 0.0245. The van der Waals surface area contributed by atoms with Gasteiger partial charge in [0, 0.05) is 17.0 Å². The second-order valence-corrected chi connectivity index (χ2v) is 8.94. The van der Waals surface area contributed by atoms with Crippen LogP contribution < -0.4 is 15.9 Å². The van der Waals surface area contributed by atoms with Crippen molar-refractivity contribution in [3.63, 3.8) is 0 Å². The summed E-state index contributed by atoms with van der Waals surface area (Å²) in [6, 6.07) is 10.3. The maximum Gasteiger partial charge on any atom is 0.217 e. The lowest BCUT2D eigenvalue weighted by Gasteiger charge is -2.11. The molecule has 0 saturated heterocycles. The first-order valence-corrected chi connectivity index (χ1v) is 12.5. The summed E-state index contributed by atoms with van der Waals surface area (Å²) in [6.07, 6.45) is 6.69. The van der Waals surface area contributed by atoms with Gasteiger partial charge in [0.25, 0.3) is 0 Å². The quantitative estimate of drug-likeness (QED) is 0.154. The molecule has 0 aliphatic rings. The van der Waals surface area contributed by atoms with E-state index in [1.165, 1.54) is 19.3 Å². The van der Waals surface area contributed by atoms with E-state index >= 15 is 0 Å². The predicted molar refractivity (Wildman–Crippen MR) is 139 cm³/mol. The SMILES string of the molecule is Cc1ccc2oc(-c3nnn[nH]3)c(N)c(=O)c2c1C(=O)c1ccc(OCCCCCCCCCl)cc1. The van der Waals surface area contributed by atoms with Crippen molar-refractivity contribution in [1.29, 1.82) is 0 Å². The Hall–Kier alpha value is -3.72. The summed E-state index contributed by atoms with van der Waals surface area (Å²) < 4.78 is 11.7. The van der Waals surface area contributed by atoms with Crippen LogP contribution in [0.1, 0.15) is 60.0 Å². The van der Waals surface area contributed by atoms with Crippen LogP contribution in [0.4, 0.5) is 5.69 Å². The van der Waals surface area contributed by atoms with E-state index in [0.717, 1.165) is 25.1 Å². The first-order valence-electron chi connectivity index (χ1n) is 11.9. The zero-order valence-corrected chi connectivity index (χ0v) is 20.8. The number of rotatable bonds is 12. The van der Waals surface area contributed by atoms with Crippen LogP contribution in [-0.4, -0.2) is 38.9 Å². The minimum atomic E-state index is -0.516. The van der Waals surface area contributed by atoms with Gasteiger partial charge >= 0.3 is 0 Å². The molecular formula is C26H28ClN5O4. The number of benzene rings is 2. The molecule has 2 aromatic carbocycles. The van der Waals surface area contributed by atoms with E-state index in [9.17, 15) is 9.59 Å². The Labute approximate surface area is 213 Å². The molecule has 0 amide bonds. The number of carbonyl (C=O) groups excluding carboxylic acids is 1. The van der Waals surface area contributed by atoms with E-state index in [4.69, 9.17) is 26.5 Å². The Morgan fingerprint density at radius 3 is 2.47 bits per heavy atom. The fourth-order valence-electron chi connectivity index (χ4n) is 4.07. The lowest BCUT2D eigenvalue weighted by atomic mass is 9.94. The number of nitrogens with zero attached hydrogens (tertiary/aromatic N) is 3. The van der Waals surface area contributed by atoms with E-state index in [1.54, 1.807) is 43.3 Å². The molecule has 0 bridgehead atoms. The number of aryl methyl sites for hydroxylation is 1. The Kier molecular flexibility index (Phi) is 8.32. The van der Waals surface area contributed by atoms with Crippen molar-refractivity contribution in [2.45, 2.75) is 45.4 Å². The Morgan fingerprint density at radius 2 is 1.78 bits per heavy atom. The molecule has 2 aromatic heterocycles. The summed E-state index contributed by atoms with van der Waals surface area (Å²) in [5.74, 6) is 1.27. The molecule has 0 saturated carbocycles. The number of nitrogens with two attached hydrogens (primary N) is 1. The molecule has 2 heterocycles. The van der Waals surface area contributed by atoms with Gasteiger partial charge in [0.15, 0.2) is 11.5 Å². The highest BCUT2D eigenvalue weighted by Crippen LogP contribution is 2.29. The third-order valence-corrected chi connectivity index (χ3v) is 6.27. The maximum absolute atomic E-state index is 13.5. The molecular weight excluding hydrogens is 482 g/mol. The van der Waals surface area contributed by atoms with Crippen LogP contribution in [0.5, 0.6) is 5.75 Å². The maximum atomic E-state index is 13.5. The molecule has 10 heteroatoms. The zero-order chi connectivity index (χ0) is 25.5. The molecule has 0 spiro atoms. The summed E-state index contributed by atoms with van der Waals surface area (Å²) in [6.45, 7) is 2.39. The van der Waals surface area contributed by atoms with Crippen LogP contribution >= 0.6 is 11.6 Å². The topological polar surface area (TPSA) is 137 Å². The Balaban J connectivity index is 1.50. The van der Waals surface area contributed by atoms with Crippen molar-refractivity contribution in [2.75, 3.05) is 18.2 Å². The van der Waals surface area contributed by atoms with E-state index in [-0.39, 0.29) is 39.6 Å². The number of aromatic amines is 1. The largest absolute Gasteiger partial charge is 0.494 e. The van der Waals surface area contributed by atoms with Crippen LogP contribution in [0.15, 0.2) is 45.6 Å². The summed E-state index contributed by atoms with van der Waals surface area (Å²) in [5.41, 5.74) is 6.90.